The van der Waals surface area contributed by atoms with Crippen LogP contribution in [-0.4, -0.2) is 43.4 Å². The molecule has 1 aliphatic heterocycles. The lowest BCUT2D eigenvalue weighted by molar-refractivity contribution is -0.137. The zero-order valence-electron chi connectivity index (χ0n) is 15.8. The van der Waals surface area contributed by atoms with Crippen LogP contribution in [0.4, 0.5) is 0 Å². The molecule has 1 heterocycles. The molecule has 0 N–H and O–H groups in total. The first kappa shape index (κ1) is 19.0. The monoisotopic (exact) mass is 367 g/mol. The van der Waals surface area contributed by atoms with E-state index in [1.54, 1.807) is 43.2 Å². The average Bonchev–Trinajstić information content (AvgIpc) is 2.73. The van der Waals surface area contributed by atoms with Gasteiger partial charge in [0.05, 0.1) is 12.5 Å². The molecule has 0 unspecified atom stereocenters. The molecule has 0 saturated carbocycles. The van der Waals surface area contributed by atoms with E-state index in [0.29, 0.717) is 31.7 Å². The molecule has 1 fully saturated rings. The number of carbonyl (C=O) groups excluding carboxylic acids is 2. The van der Waals surface area contributed by atoms with Gasteiger partial charge in [-0.2, -0.15) is 0 Å². The summed E-state index contributed by atoms with van der Waals surface area (Å²) in [6, 6.07) is 17.0. The Morgan fingerprint density at radius 1 is 0.963 bits per heavy atom. The van der Waals surface area contributed by atoms with E-state index in [9.17, 15) is 9.59 Å². The summed E-state index contributed by atoms with van der Waals surface area (Å²) in [6.07, 6.45) is 1.28. The predicted octanol–water partition coefficient (Wildman–Crippen LogP) is 3.22. The van der Waals surface area contributed by atoms with Crippen molar-refractivity contribution in [2.24, 2.45) is 0 Å². The van der Waals surface area contributed by atoms with E-state index in [2.05, 4.69) is 0 Å². The zero-order valence-corrected chi connectivity index (χ0v) is 15.8. The van der Waals surface area contributed by atoms with Gasteiger partial charge in [0.2, 0.25) is 0 Å². The lowest BCUT2D eigenvalue weighted by atomic mass is 9.70. The number of rotatable bonds is 6. The largest absolute Gasteiger partial charge is 0.497 e. The summed E-state index contributed by atoms with van der Waals surface area (Å²) in [5.41, 5.74) is 0.550. The topological polar surface area (TPSA) is 55.8 Å². The van der Waals surface area contributed by atoms with Crippen molar-refractivity contribution in [1.29, 1.82) is 0 Å². The molecular weight excluding hydrogens is 342 g/mol. The van der Waals surface area contributed by atoms with Crippen molar-refractivity contribution in [2.45, 2.75) is 25.2 Å². The lowest BCUT2D eigenvalue weighted by Gasteiger charge is -2.40. The molecule has 0 spiro atoms. The van der Waals surface area contributed by atoms with Crippen LogP contribution in [-0.2, 0) is 15.0 Å². The van der Waals surface area contributed by atoms with E-state index < -0.39 is 5.41 Å². The zero-order chi connectivity index (χ0) is 19.3. The summed E-state index contributed by atoms with van der Waals surface area (Å²) in [5.74, 6) is 1.47. The Morgan fingerprint density at radius 3 is 2.11 bits per heavy atom. The Balaban J connectivity index is 1.59. The smallest absolute Gasteiger partial charge is 0.260 e. The van der Waals surface area contributed by atoms with Crippen LogP contribution in [0.25, 0.3) is 0 Å². The Kier molecular flexibility index (Phi) is 5.79. The third-order valence-electron chi connectivity index (χ3n) is 5.39. The van der Waals surface area contributed by atoms with Crippen molar-refractivity contribution in [3.8, 4) is 11.5 Å². The Bertz CT molecular complexity index is 778. The molecule has 142 valence electrons. The van der Waals surface area contributed by atoms with Gasteiger partial charge in [-0.15, -0.1) is 0 Å². The molecule has 0 atom stereocenters. The quantitative estimate of drug-likeness (QED) is 0.787. The van der Waals surface area contributed by atoms with Gasteiger partial charge in [-0.05, 0) is 49.6 Å². The number of hydrogen-bond donors (Lipinski definition) is 0. The van der Waals surface area contributed by atoms with E-state index in [0.717, 1.165) is 11.3 Å². The number of ketones is 1. The highest BCUT2D eigenvalue weighted by molar-refractivity contribution is 5.88. The van der Waals surface area contributed by atoms with Gasteiger partial charge in [-0.3, -0.25) is 9.59 Å². The van der Waals surface area contributed by atoms with Gasteiger partial charge in [0.1, 0.15) is 17.3 Å². The fourth-order valence-electron chi connectivity index (χ4n) is 3.65. The van der Waals surface area contributed by atoms with Crippen molar-refractivity contribution in [1.82, 2.24) is 4.90 Å². The van der Waals surface area contributed by atoms with Crippen molar-refractivity contribution in [3.63, 3.8) is 0 Å². The fourth-order valence-corrected chi connectivity index (χ4v) is 3.65. The van der Waals surface area contributed by atoms with E-state index in [4.69, 9.17) is 9.47 Å². The summed E-state index contributed by atoms with van der Waals surface area (Å²) in [4.78, 5) is 26.7. The highest BCUT2D eigenvalue weighted by Crippen LogP contribution is 2.36. The molecular formula is C22H25NO4. The third-order valence-corrected chi connectivity index (χ3v) is 5.39. The van der Waals surface area contributed by atoms with Crippen LogP contribution in [0.5, 0.6) is 11.5 Å². The molecule has 27 heavy (non-hydrogen) atoms. The van der Waals surface area contributed by atoms with Gasteiger partial charge in [-0.25, -0.2) is 0 Å². The van der Waals surface area contributed by atoms with Crippen LogP contribution in [0.3, 0.4) is 0 Å². The highest BCUT2D eigenvalue weighted by Gasteiger charge is 2.41. The van der Waals surface area contributed by atoms with Crippen molar-refractivity contribution >= 4 is 11.7 Å². The number of amides is 1. The molecule has 3 rings (SSSR count). The molecule has 2 aromatic rings. The number of benzene rings is 2. The van der Waals surface area contributed by atoms with Crippen molar-refractivity contribution in [3.05, 3.63) is 60.2 Å². The van der Waals surface area contributed by atoms with E-state index in [-0.39, 0.29) is 18.3 Å². The number of Topliss-reactive ketones (excluding diaryl/α,β-unsaturated/α-hetero) is 1. The summed E-state index contributed by atoms with van der Waals surface area (Å²) >= 11 is 0. The average molecular weight is 367 g/mol. The fraction of sp³-hybridized carbons (Fsp3) is 0.364. The number of carbonyl (C=O) groups is 2. The Hall–Kier alpha value is -2.82. The summed E-state index contributed by atoms with van der Waals surface area (Å²) in [6.45, 7) is 2.75. The molecule has 1 aliphatic rings. The van der Waals surface area contributed by atoms with Gasteiger partial charge in [0, 0.05) is 13.1 Å². The maximum atomic E-state index is 12.5. The van der Waals surface area contributed by atoms with Crippen LogP contribution >= 0.6 is 0 Å². The standard InChI is InChI=1S/C22H25NO4/c1-17(24)22(18-6-4-3-5-7-18)12-14-23(15-13-22)21(25)16-27-20-10-8-19(26-2)9-11-20/h3-11H,12-16H2,1-2H3. The molecule has 0 radical (unpaired) electrons. The number of methoxy groups -OCH3 is 1. The van der Waals surface area contributed by atoms with Gasteiger partial charge in [0.15, 0.2) is 6.61 Å². The number of piperidine rings is 1. The minimum absolute atomic E-state index is 0.00919. The third kappa shape index (κ3) is 4.13. The highest BCUT2D eigenvalue weighted by atomic mass is 16.5. The van der Waals surface area contributed by atoms with Gasteiger partial charge < -0.3 is 14.4 Å². The second-order valence-electron chi connectivity index (χ2n) is 6.85. The molecule has 1 amide bonds. The summed E-state index contributed by atoms with van der Waals surface area (Å²) in [7, 11) is 1.60. The van der Waals surface area contributed by atoms with Gasteiger partial charge >= 0.3 is 0 Å². The summed E-state index contributed by atoms with van der Waals surface area (Å²) in [5, 5.41) is 0. The van der Waals surface area contributed by atoms with E-state index in [1.165, 1.54) is 0 Å². The second-order valence-corrected chi connectivity index (χ2v) is 6.85. The van der Waals surface area contributed by atoms with Crippen LogP contribution in [0.1, 0.15) is 25.3 Å². The Morgan fingerprint density at radius 2 is 1.56 bits per heavy atom. The van der Waals surface area contributed by atoms with Crippen LogP contribution in [0, 0.1) is 0 Å². The molecule has 0 aromatic heterocycles. The van der Waals surface area contributed by atoms with Gasteiger partial charge in [0.25, 0.3) is 5.91 Å². The SMILES string of the molecule is COc1ccc(OCC(=O)N2CCC(C(C)=O)(c3ccccc3)CC2)cc1. The number of ether oxygens (including phenoxy) is 2. The van der Waals surface area contributed by atoms with Crippen LogP contribution in [0.2, 0.25) is 0 Å². The molecule has 5 nitrogen and oxygen atoms in total. The minimum atomic E-state index is -0.491. The first-order valence-electron chi connectivity index (χ1n) is 9.16. The minimum Gasteiger partial charge on any atom is -0.497 e. The summed E-state index contributed by atoms with van der Waals surface area (Å²) < 4.78 is 10.7. The number of nitrogens with zero attached hydrogens (tertiary/aromatic N) is 1. The molecule has 1 saturated heterocycles. The van der Waals surface area contributed by atoms with Crippen molar-refractivity contribution in [2.75, 3.05) is 26.8 Å². The molecule has 0 bridgehead atoms. The van der Waals surface area contributed by atoms with E-state index >= 15 is 0 Å². The van der Waals surface area contributed by atoms with Crippen molar-refractivity contribution < 1.29 is 19.1 Å². The van der Waals surface area contributed by atoms with Gasteiger partial charge in [-0.1, -0.05) is 30.3 Å². The van der Waals surface area contributed by atoms with Crippen LogP contribution < -0.4 is 9.47 Å². The normalized spacial score (nSPS) is 15.9. The molecule has 5 heteroatoms. The van der Waals surface area contributed by atoms with E-state index in [1.807, 2.05) is 30.3 Å². The lowest BCUT2D eigenvalue weighted by Crippen LogP contribution is -2.49. The molecule has 0 aliphatic carbocycles. The number of likely N-dealkylation sites (tertiary alicyclic amines) is 1. The maximum Gasteiger partial charge on any atom is 0.260 e. The maximum absolute atomic E-state index is 12.5. The molecule has 2 aromatic carbocycles. The number of hydrogen-bond acceptors (Lipinski definition) is 4. The Labute approximate surface area is 159 Å². The predicted molar refractivity (Wildman–Crippen MR) is 103 cm³/mol. The second kappa shape index (κ2) is 8.25. The first-order chi connectivity index (χ1) is 13.0. The van der Waals surface area contributed by atoms with Crippen LogP contribution in [0.15, 0.2) is 54.6 Å². The first-order valence-corrected chi connectivity index (χ1v) is 9.16.